The van der Waals surface area contributed by atoms with Gasteiger partial charge in [0, 0.05) is 38.4 Å². The third kappa shape index (κ3) is 10.9. The highest BCUT2D eigenvalue weighted by Crippen LogP contribution is 2.37. The Morgan fingerprint density at radius 2 is 1.85 bits per heavy atom. The Hall–Kier alpha value is -3.74. The van der Waals surface area contributed by atoms with Crippen LogP contribution in [0.1, 0.15) is 69.4 Å². The molecule has 1 aliphatic rings. The molecular formula is C36H52N6O5S. The van der Waals surface area contributed by atoms with Crippen molar-refractivity contribution >= 4 is 27.6 Å². The van der Waals surface area contributed by atoms with Crippen LogP contribution in [0.4, 0.5) is 11.6 Å². The van der Waals surface area contributed by atoms with Crippen LogP contribution in [0, 0.1) is 17.3 Å². The van der Waals surface area contributed by atoms with Crippen LogP contribution in [0.5, 0.6) is 5.75 Å². The van der Waals surface area contributed by atoms with Gasteiger partial charge in [-0.3, -0.25) is 14.1 Å². The number of aromatic nitrogens is 2. The number of nitrogens with zero attached hydrogens (tertiary/aromatic N) is 3. The van der Waals surface area contributed by atoms with Crippen molar-refractivity contribution in [2.24, 2.45) is 17.3 Å². The summed E-state index contributed by atoms with van der Waals surface area (Å²) in [6, 6.07) is 14.1. The summed E-state index contributed by atoms with van der Waals surface area (Å²) in [4.78, 5) is 22.4. The Kier molecular flexibility index (Phi) is 12.4. The molecular weight excluding hydrogens is 629 g/mol. The van der Waals surface area contributed by atoms with E-state index in [1.165, 1.54) is 18.7 Å². The van der Waals surface area contributed by atoms with Gasteiger partial charge in [0.15, 0.2) is 0 Å². The molecule has 4 N–H and O–H groups in total. The second-order valence-corrected chi connectivity index (χ2v) is 16.9. The molecule has 0 bridgehead atoms. The molecule has 12 heteroatoms. The number of ether oxygens (including phenoxy) is 1. The molecule has 48 heavy (non-hydrogen) atoms. The molecule has 4 rings (SSSR count). The van der Waals surface area contributed by atoms with Crippen LogP contribution in [0.2, 0.25) is 0 Å². The minimum absolute atomic E-state index is 0.0222. The van der Waals surface area contributed by atoms with Crippen molar-refractivity contribution < 1.29 is 23.1 Å². The SMILES string of the molecule is CC(C)S(=O)(=O)N(C)c1cc(C(=O)N[C@@H](COc2cccnc2)[C@H](O)CNCc2cccc(CC(C)(C)C)c2)cc(NC[C@H]2C[C@@H]2C)n1. The van der Waals surface area contributed by atoms with Gasteiger partial charge in [0.05, 0.1) is 23.6 Å². The van der Waals surface area contributed by atoms with E-state index in [1.807, 2.05) is 12.1 Å². The van der Waals surface area contributed by atoms with Crippen LogP contribution in [-0.4, -0.2) is 73.5 Å². The summed E-state index contributed by atoms with van der Waals surface area (Å²) in [6.45, 7) is 13.4. The molecule has 1 amide bonds. The number of aliphatic hydroxyl groups is 1. The smallest absolute Gasteiger partial charge is 0.251 e. The molecule has 2 aromatic heterocycles. The van der Waals surface area contributed by atoms with E-state index in [0.717, 1.165) is 22.7 Å². The van der Waals surface area contributed by atoms with E-state index >= 15 is 0 Å². The predicted molar refractivity (Wildman–Crippen MR) is 191 cm³/mol. The first kappa shape index (κ1) is 37.1. The molecule has 1 fully saturated rings. The van der Waals surface area contributed by atoms with Gasteiger partial charge >= 0.3 is 0 Å². The zero-order valence-corrected chi connectivity index (χ0v) is 30.0. The summed E-state index contributed by atoms with van der Waals surface area (Å²) in [5.74, 6) is 1.65. The Morgan fingerprint density at radius 1 is 1.12 bits per heavy atom. The van der Waals surface area contributed by atoms with Gasteiger partial charge in [-0.2, -0.15) is 0 Å². The Morgan fingerprint density at radius 3 is 2.50 bits per heavy atom. The van der Waals surface area contributed by atoms with Crippen LogP contribution >= 0.6 is 0 Å². The summed E-state index contributed by atoms with van der Waals surface area (Å²) >= 11 is 0. The second kappa shape index (κ2) is 16.1. The molecule has 0 aliphatic heterocycles. The van der Waals surface area contributed by atoms with E-state index in [-0.39, 0.29) is 29.9 Å². The van der Waals surface area contributed by atoms with Crippen molar-refractivity contribution in [3.05, 3.63) is 77.6 Å². The van der Waals surface area contributed by atoms with Gasteiger partial charge < -0.3 is 25.8 Å². The number of aliphatic hydroxyl groups excluding tert-OH is 1. The molecule has 11 nitrogen and oxygen atoms in total. The number of benzene rings is 1. The number of hydrogen-bond donors (Lipinski definition) is 4. The van der Waals surface area contributed by atoms with Gasteiger partial charge in [0.1, 0.15) is 24.0 Å². The average molecular weight is 681 g/mol. The molecule has 1 aromatic carbocycles. The van der Waals surface area contributed by atoms with Gasteiger partial charge in [0.2, 0.25) is 10.0 Å². The highest BCUT2D eigenvalue weighted by molar-refractivity contribution is 7.93. The van der Waals surface area contributed by atoms with Crippen LogP contribution < -0.4 is 25.0 Å². The topological polar surface area (TPSA) is 146 Å². The van der Waals surface area contributed by atoms with Crippen molar-refractivity contribution in [1.82, 2.24) is 20.6 Å². The third-order valence-electron chi connectivity index (χ3n) is 8.45. The molecule has 3 aromatic rings. The first-order chi connectivity index (χ1) is 22.6. The monoisotopic (exact) mass is 680 g/mol. The van der Waals surface area contributed by atoms with E-state index in [0.29, 0.717) is 36.5 Å². The number of carbonyl (C=O) groups excluding carboxylic acids is 1. The van der Waals surface area contributed by atoms with E-state index in [1.54, 1.807) is 44.4 Å². The van der Waals surface area contributed by atoms with Crippen molar-refractivity contribution in [2.75, 3.05) is 36.4 Å². The number of nitrogens with one attached hydrogen (secondary N) is 3. The normalized spacial score (nSPS) is 17.4. The zero-order valence-electron chi connectivity index (χ0n) is 29.2. The molecule has 2 heterocycles. The zero-order chi connectivity index (χ0) is 35.1. The maximum absolute atomic E-state index is 13.8. The largest absolute Gasteiger partial charge is 0.490 e. The molecule has 0 spiro atoms. The molecule has 0 radical (unpaired) electrons. The predicted octanol–water partition coefficient (Wildman–Crippen LogP) is 4.64. The van der Waals surface area contributed by atoms with Crippen LogP contribution in [-0.2, 0) is 23.0 Å². The van der Waals surface area contributed by atoms with E-state index in [2.05, 4.69) is 65.7 Å². The van der Waals surface area contributed by atoms with Crippen molar-refractivity contribution in [3.8, 4) is 5.75 Å². The number of pyridine rings is 2. The maximum Gasteiger partial charge on any atom is 0.251 e. The van der Waals surface area contributed by atoms with Gasteiger partial charge in [-0.05, 0) is 79.3 Å². The van der Waals surface area contributed by atoms with Crippen molar-refractivity contribution in [1.29, 1.82) is 0 Å². The number of rotatable bonds is 17. The van der Waals surface area contributed by atoms with E-state index in [9.17, 15) is 18.3 Å². The fourth-order valence-electron chi connectivity index (χ4n) is 5.35. The minimum Gasteiger partial charge on any atom is -0.490 e. The second-order valence-electron chi connectivity index (χ2n) is 14.3. The standard InChI is InChI=1S/C36H52N6O5S/c1-24(2)48(45,46)42(7)34-17-28(16-33(41-34)39-20-29-14-25(29)3)35(44)40-31(23-47-30-12-9-13-37-21-30)32(43)22-38-19-27-11-8-10-26(15-27)18-36(4,5)6/h8-13,15-17,21,24-25,29,31-32,38,43H,14,18-20,22-23H2,1-7H3,(H,39,41)(H,40,44)/t25-,29+,31-,32+/m0/s1. The number of amides is 1. The molecule has 4 atom stereocenters. The van der Waals surface area contributed by atoms with Crippen molar-refractivity contribution in [2.45, 2.75) is 78.3 Å². The van der Waals surface area contributed by atoms with Gasteiger partial charge in [-0.15, -0.1) is 0 Å². The third-order valence-corrected chi connectivity index (χ3v) is 10.6. The summed E-state index contributed by atoms with van der Waals surface area (Å²) in [6.07, 6.45) is 4.24. The lowest BCUT2D eigenvalue weighted by atomic mass is 9.88. The summed E-state index contributed by atoms with van der Waals surface area (Å²) in [5.41, 5.74) is 2.73. The molecule has 0 unspecified atom stereocenters. The molecule has 262 valence electrons. The van der Waals surface area contributed by atoms with Crippen LogP contribution in [0.15, 0.2) is 60.9 Å². The minimum atomic E-state index is -3.70. The van der Waals surface area contributed by atoms with E-state index < -0.39 is 33.3 Å². The maximum atomic E-state index is 13.8. The summed E-state index contributed by atoms with van der Waals surface area (Å²) < 4.78 is 33.1. The highest BCUT2D eigenvalue weighted by Gasteiger charge is 2.32. The molecule has 0 saturated heterocycles. The van der Waals surface area contributed by atoms with Crippen LogP contribution in [0.3, 0.4) is 0 Å². The lowest BCUT2D eigenvalue weighted by Crippen LogP contribution is -2.50. The summed E-state index contributed by atoms with van der Waals surface area (Å²) in [5, 5.41) is 20.2. The lowest BCUT2D eigenvalue weighted by molar-refractivity contribution is 0.0732. The average Bonchev–Trinajstić information content (AvgIpc) is 3.75. The highest BCUT2D eigenvalue weighted by atomic mass is 32.2. The first-order valence-electron chi connectivity index (χ1n) is 16.7. The van der Waals surface area contributed by atoms with Gasteiger partial charge in [-0.25, -0.2) is 13.4 Å². The Bertz CT molecular complexity index is 1610. The quantitative estimate of drug-likeness (QED) is 0.160. The Labute approximate surface area is 286 Å². The molecule has 1 aliphatic carbocycles. The fraction of sp³-hybridized carbons (Fsp3) is 0.528. The van der Waals surface area contributed by atoms with Gasteiger partial charge in [0.25, 0.3) is 5.91 Å². The lowest BCUT2D eigenvalue weighted by Gasteiger charge is -2.26. The first-order valence-corrected chi connectivity index (χ1v) is 18.2. The Balaban J connectivity index is 1.51. The fourth-order valence-corrected chi connectivity index (χ4v) is 6.34. The number of carbonyl (C=O) groups is 1. The number of anilines is 2. The molecule has 1 saturated carbocycles. The number of sulfonamides is 1. The van der Waals surface area contributed by atoms with Crippen LogP contribution in [0.25, 0.3) is 0 Å². The van der Waals surface area contributed by atoms with E-state index in [4.69, 9.17) is 4.74 Å². The summed E-state index contributed by atoms with van der Waals surface area (Å²) in [7, 11) is -2.27. The van der Waals surface area contributed by atoms with Crippen molar-refractivity contribution in [3.63, 3.8) is 0 Å². The number of hydrogen-bond acceptors (Lipinski definition) is 9. The van der Waals surface area contributed by atoms with Gasteiger partial charge in [-0.1, -0.05) is 52.0 Å².